The number of rotatable bonds is 4. The smallest absolute Gasteiger partial charge is 0.306 e. The quantitative estimate of drug-likeness (QED) is 0.783. The molecule has 0 aromatic rings. The van der Waals surface area contributed by atoms with Crippen LogP contribution < -0.4 is 0 Å². The number of hydrogen-bond acceptors (Lipinski definition) is 4. The van der Waals surface area contributed by atoms with Crippen LogP contribution in [0.25, 0.3) is 0 Å². The van der Waals surface area contributed by atoms with Gasteiger partial charge in [0.2, 0.25) is 0 Å². The van der Waals surface area contributed by atoms with E-state index in [1.54, 1.807) is 4.31 Å². The van der Waals surface area contributed by atoms with Gasteiger partial charge in [-0.05, 0) is 32.9 Å². The van der Waals surface area contributed by atoms with Crippen LogP contribution in [0, 0.1) is 11.8 Å². The van der Waals surface area contributed by atoms with E-state index in [2.05, 4.69) is 11.8 Å². The van der Waals surface area contributed by atoms with Crippen LogP contribution in [0.15, 0.2) is 0 Å². The van der Waals surface area contributed by atoms with Crippen molar-refractivity contribution in [3.63, 3.8) is 0 Å². The van der Waals surface area contributed by atoms with Gasteiger partial charge in [0.1, 0.15) is 0 Å². The predicted octanol–water partition coefficient (Wildman–Crippen LogP) is -0.0903. The van der Waals surface area contributed by atoms with E-state index in [4.69, 9.17) is 5.11 Å². The molecule has 122 valence electrons. The lowest BCUT2D eigenvalue weighted by Gasteiger charge is -2.32. The van der Waals surface area contributed by atoms with E-state index in [1.807, 2.05) is 14.1 Å². The summed E-state index contributed by atoms with van der Waals surface area (Å²) in [6.45, 7) is 3.71. The van der Waals surface area contributed by atoms with Gasteiger partial charge in [-0.2, -0.15) is 17.0 Å². The molecule has 2 rings (SSSR count). The summed E-state index contributed by atoms with van der Waals surface area (Å²) in [7, 11) is 0.473. The first-order valence-electron chi connectivity index (χ1n) is 7.38. The Labute approximate surface area is 126 Å². The summed E-state index contributed by atoms with van der Waals surface area (Å²) in [5, 5.41) is 8.99. The van der Waals surface area contributed by atoms with E-state index in [-0.39, 0.29) is 6.04 Å². The number of carbonyl (C=O) groups is 1. The van der Waals surface area contributed by atoms with Crippen molar-refractivity contribution in [1.82, 2.24) is 13.5 Å². The maximum Gasteiger partial charge on any atom is 0.306 e. The maximum absolute atomic E-state index is 12.7. The highest BCUT2D eigenvalue weighted by molar-refractivity contribution is 7.86. The number of carboxylic acid groups (broad SMARTS) is 1. The number of piperidine rings is 1. The summed E-state index contributed by atoms with van der Waals surface area (Å²) in [4.78, 5) is 13.0. The Morgan fingerprint density at radius 3 is 2.14 bits per heavy atom. The molecule has 2 unspecified atom stereocenters. The molecule has 2 fully saturated rings. The lowest BCUT2D eigenvalue weighted by Crippen LogP contribution is -2.47. The Bertz CT molecular complexity index is 486. The average Bonchev–Trinajstić information content (AvgIpc) is 2.82. The first kappa shape index (κ1) is 16.7. The molecule has 2 heterocycles. The molecular formula is C13H25N3O4S. The molecule has 2 atom stereocenters. The van der Waals surface area contributed by atoms with Crippen molar-refractivity contribution in [2.24, 2.45) is 11.8 Å². The van der Waals surface area contributed by atoms with Gasteiger partial charge >= 0.3 is 5.97 Å². The van der Waals surface area contributed by atoms with Crippen molar-refractivity contribution in [3.05, 3.63) is 0 Å². The molecule has 0 amide bonds. The maximum atomic E-state index is 12.7. The highest BCUT2D eigenvalue weighted by Gasteiger charge is 2.41. The molecule has 8 heteroatoms. The summed E-state index contributed by atoms with van der Waals surface area (Å²) in [6.07, 6.45) is 0.796. The van der Waals surface area contributed by atoms with E-state index < -0.39 is 22.1 Å². The van der Waals surface area contributed by atoms with Crippen LogP contribution in [0.1, 0.15) is 19.8 Å². The van der Waals surface area contributed by atoms with Crippen LogP contribution in [0.5, 0.6) is 0 Å². The molecule has 7 nitrogen and oxygen atoms in total. The van der Waals surface area contributed by atoms with E-state index in [0.717, 1.165) is 0 Å². The van der Waals surface area contributed by atoms with E-state index in [0.29, 0.717) is 44.9 Å². The summed E-state index contributed by atoms with van der Waals surface area (Å²) >= 11 is 0. The molecule has 1 N–H and O–H groups in total. The average molecular weight is 319 g/mol. The fraction of sp³-hybridized carbons (Fsp3) is 0.923. The zero-order chi connectivity index (χ0) is 15.8. The largest absolute Gasteiger partial charge is 0.481 e. The molecule has 0 aromatic carbocycles. The number of nitrogens with zero attached hydrogens (tertiary/aromatic N) is 3. The fourth-order valence-electron chi connectivity index (χ4n) is 3.26. The fourth-order valence-corrected chi connectivity index (χ4v) is 5.03. The molecule has 0 saturated carbocycles. The summed E-state index contributed by atoms with van der Waals surface area (Å²) in [6, 6.07) is 0.233. The standard InChI is InChI=1S/C13H25N3O4S/c1-10-8-16(9-12(10)14(2)3)21(19,20)15-6-4-11(5-7-15)13(17)18/h10-12H,4-9H2,1-3H3,(H,17,18). The van der Waals surface area contributed by atoms with Crippen LogP contribution in [-0.2, 0) is 15.0 Å². The third-order valence-electron chi connectivity index (χ3n) is 4.66. The Morgan fingerprint density at radius 2 is 1.71 bits per heavy atom. The Kier molecular flexibility index (Phi) is 4.92. The molecule has 2 saturated heterocycles. The third kappa shape index (κ3) is 3.39. The second kappa shape index (κ2) is 6.20. The second-order valence-corrected chi connectivity index (χ2v) is 8.27. The van der Waals surface area contributed by atoms with Gasteiger partial charge in [0.05, 0.1) is 5.92 Å². The van der Waals surface area contributed by atoms with Crippen LogP contribution >= 0.6 is 0 Å². The normalized spacial score (nSPS) is 30.1. The van der Waals surface area contributed by atoms with Gasteiger partial charge in [0.15, 0.2) is 0 Å². The summed E-state index contributed by atoms with van der Waals surface area (Å²) in [5.74, 6) is -0.940. The van der Waals surface area contributed by atoms with Gasteiger partial charge in [-0.15, -0.1) is 0 Å². The SMILES string of the molecule is CC1CN(S(=O)(=O)N2CCC(C(=O)O)CC2)CC1N(C)C. The van der Waals surface area contributed by atoms with Crippen LogP contribution in [0.2, 0.25) is 0 Å². The molecule has 0 aromatic heterocycles. The van der Waals surface area contributed by atoms with Crippen molar-refractivity contribution in [1.29, 1.82) is 0 Å². The Balaban J connectivity index is 2.02. The number of hydrogen-bond donors (Lipinski definition) is 1. The topological polar surface area (TPSA) is 81.2 Å². The van der Waals surface area contributed by atoms with Gasteiger partial charge in [-0.3, -0.25) is 4.79 Å². The lowest BCUT2D eigenvalue weighted by molar-refractivity contribution is -0.142. The van der Waals surface area contributed by atoms with Crippen LogP contribution in [0.3, 0.4) is 0 Å². The van der Waals surface area contributed by atoms with Crippen molar-refractivity contribution in [3.8, 4) is 0 Å². The van der Waals surface area contributed by atoms with Gasteiger partial charge in [-0.25, -0.2) is 0 Å². The van der Waals surface area contributed by atoms with Gasteiger partial charge in [-0.1, -0.05) is 6.92 Å². The molecule has 0 radical (unpaired) electrons. The highest BCUT2D eigenvalue weighted by atomic mass is 32.2. The Morgan fingerprint density at radius 1 is 1.14 bits per heavy atom. The zero-order valence-electron chi connectivity index (χ0n) is 12.9. The van der Waals surface area contributed by atoms with E-state index >= 15 is 0 Å². The minimum Gasteiger partial charge on any atom is -0.481 e. The Hall–Kier alpha value is -0.700. The minimum absolute atomic E-state index is 0.233. The molecule has 21 heavy (non-hydrogen) atoms. The van der Waals surface area contributed by atoms with Crippen molar-refractivity contribution in [2.45, 2.75) is 25.8 Å². The van der Waals surface area contributed by atoms with Gasteiger partial charge < -0.3 is 10.0 Å². The minimum atomic E-state index is -3.46. The number of aliphatic carboxylic acids is 1. The molecular weight excluding hydrogens is 294 g/mol. The second-order valence-electron chi connectivity index (χ2n) is 6.34. The molecule has 0 spiro atoms. The molecule has 0 aliphatic carbocycles. The monoisotopic (exact) mass is 319 g/mol. The van der Waals surface area contributed by atoms with E-state index in [9.17, 15) is 13.2 Å². The third-order valence-corrected chi connectivity index (χ3v) is 6.63. The predicted molar refractivity (Wildman–Crippen MR) is 79.1 cm³/mol. The first-order chi connectivity index (χ1) is 9.73. The molecule has 2 aliphatic rings. The van der Waals surface area contributed by atoms with Crippen molar-refractivity contribution in [2.75, 3.05) is 40.3 Å². The van der Waals surface area contributed by atoms with Crippen LogP contribution in [0.4, 0.5) is 0 Å². The van der Waals surface area contributed by atoms with Crippen LogP contribution in [-0.4, -0.2) is 79.3 Å². The zero-order valence-corrected chi connectivity index (χ0v) is 13.7. The highest BCUT2D eigenvalue weighted by Crippen LogP contribution is 2.27. The lowest BCUT2D eigenvalue weighted by atomic mass is 9.99. The van der Waals surface area contributed by atoms with Gasteiger partial charge in [0.25, 0.3) is 10.2 Å². The summed E-state index contributed by atoms with van der Waals surface area (Å²) in [5.41, 5.74) is 0. The molecule has 0 bridgehead atoms. The summed E-state index contributed by atoms with van der Waals surface area (Å²) < 4.78 is 28.3. The van der Waals surface area contributed by atoms with Crippen molar-refractivity contribution >= 4 is 16.2 Å². The van der Waals surface area contributed by atoms with E-state index in [1.165, 1.54) is 4.31 Å². The van der Waals surface area contributed by atoms with Gasteiger partial charge in [0, 0.05) is 32.2 Å². The molecule has 2 aliphatic heterocycles. The van der Waals surface area contributed by atoms with Crippen molar-refractivity contribution < 1.29 is 18.3 Å². The number of carboxylic acids is 1. The first-order valence-corrected chi connectivity index (χ1v) is 8.77. The number of likely N-dealkylation sites (N-methyl/N-ethyl adjacent to an activating group) is 1.